The fourth-order valence-electron chi connectivity index (χ4n) is 2.91. The molecule has 1 aromatic heterocycles. The van der Waals surface area contributed by atoms with Crippen molar-refractivity contribution in [1.29, 1.82) is 0 Å². The molecule has 3 rings (SSSR count). The van der Waals surface area contributed by atoms with E-state index >= 15 is 0 Å². The van der Waals surface area contributed by atoms with Crippen molar-refractivity contribution in [2.75, 3.05) is 0 Å². The van der Waals surface area contributed by atoms with Gasteiger partial charge in [-0.05, 0) is 43.5 Å². The maximum Gasteiger partial charge on any atom is 0.0486 e. The highest BCUT2D eigenvalue weighted by molar-refractivity contribution is 5.85. The Morgan fingerprint density at radius 1 is 1.10 bits per heavy atom. The van der Waals surface area contributed by atoms with Gasteiger partial charge in [-0.3, -0.25) is 0 Å². The second kappa shape index (κ2) is 5.74. The first-order valence-corrected chi connectivity index (χ1v) is 7.51. The van der Waals surface area contributed by atoms with Gasteiger partial charge in [0.2, 0.25) is 0 Å². The maximum absolute atomic E-state index is 6.01. The van der Waals surface area contributed by atoms with Crippen LogP contribution in [0.1, 0.15) is 23.6 Å². The van der Waals surface area contributed by atoms with Crippen molar-refractivity contribution in [3.05, 3.63) is 71.4 Å². The van der Waals surface area contributed by atoms with E-state index in [2.05, 4.69) is 73.1 Å². The van der Waals surface area contributed by atoms with Gasteiger partial charge >= 0.3 is 0 Å². The van der Waals surface area contributed by atoms with Crippen molar-refractivity contribution >= 4 is 10.9 Å². The van der Waals surface area contributed by atoms with E-state index in [9.17, 15) is 0 Å². The first-order chi connectivity index (χ1) is 10.1. The smallest absolute Gasteiger partial charge is 0.0486 e. The molecule has 3 aromatic rings. The van der Waals surface area contributed by atoms with Gasteiger partial charge < -0.3 is 10.3 Å². The van der Waals surface area contributed by atoms with Gasteiger partial charge in [-0.25, -0.2) is 0 Å². The molecule has 0 spiro atoms. The van der Waals surface area contributed by atoms with Crippen molar-refractivity contribution < 1.29 is 0 Å². The Morgan fingerprint density at radius 3 is 2.57 bits per heavy atom. The number of aryl methyl sites for hydroxylation is 1. The molecular formula is C19H22N2. The van der Waals surface area contributed by atoms with Crippen LogP contribution in [0.15, 0.2) is 54.7 Å². The van der Waals surface area contributed by atoms with Crippen LogP contribution in [0.4, 0.5) is 0 Å². The molecule has 2 nitrogen and oxygen atoms in total. The van der Waals surface area contributed by atoms with Crippen molar-refractivity contribution in [3.8, 4) is 0 Å². The predicted molar refractivity (Wildman–Crippen MR) is 89.6 cm³/mol. The Hall–Kier alpha value is -2.06. The van der Waals surface area contributed by atoms with Crippen molar-refractivity contribution in [2.45, 2.75) is 32.9 Å². The van der Waals surface area contributed by atoms with Crippen LogP contribution >= 0.6 is 0 Å². The third kappa shape index (κ3) is 3.01. The molecule has 1 atom stereocenters. The minimum Gasteiger partial charge on any atom is -0.343 e. The Morgan fingerprint density at radius 2 is 1.86 bits per heavy atom. The largest absolute Gasteiger partial charge is 0.343 e. The van der Waals surface area contributed by atoms with Gasteiger partial charge in [0.1, 0.15) is 0 Å². The van der Waals surface area contributed by atoms with Gasteiger partial charge in [-0.1, -0.05) is 42.0 Å². The van der Waals surface area contributed by atoms with E-state index in [0.717, 1.165) is 13.0 Å². The molecule has 0 amide bonds. The zero-order valence-electron chi connectivity index (χ0n) is 12.7. The summed E-state index contributed by atoms with van der Waals surface area (Å²) in [6.45, 7) is 5.11. The van der Waals surface area contributed by atoms with Gasteiger partial charge in [0, 0.05) is 29.7 Å². The number of hydrogen-bond donors (Lipinski definition) is 1. The Kier molecular flexibility index (Phi) is 3.80. The zero-order valence-corrected chi connectivity index (χ0v) is 12.7. The highest BCUT2D eigenvalue weighted by Gasteiger charge is 2.10. The third-order valence-corrected chi connectivity index (χ3v) is 3.86. The topological polar surface area (TPSA) is 30.9 Å². The minimum atomic E-state index is 0.182. The molecule has 2 heteroatoms. The van der Waals surface area contributed by atoms with Crippen molar-refractivity contribution in [3.63, 3.8) is 0 Å². The summed E-state index contributed by atoms with van der Waals surface area (Å²) in [4.78, 5) is 0. The van der Waals surface area contributed by atoms with Gasteiger partial charge in [0.25, 0.3) is 0 Å². The summed E-state index contributed by atoms with van der Waals surface area (Å²) in [5.41, 5.74) is 11.3. The van der Waals surface area contributed by atoms with Gasteiger partial charge in [0.15, 0.2) is 0 Å². The first kappa shape index (κ1) is 13.9. The van der Waals surface area contributed by atoms with Crippen LogP contribution in [-0.2, 0) is 13.0 Å². The second-order valence-corrected chi connectivity index (χ2v) is 5.97. The number of nitrogens with zero attached hydrogens (tertiary/aromatic N) is 1. The van der Waals surface area contributed by atoms with Crippen LogP contribution in [0.5, 0.6) is 0 Å². The average molecular weight is 278 g/mol. The lowest BCUT2D eigenvalue weighted by atomic mass is 10.1. The van der Waals surface area contributed by atoms with Crippen LogP contribution < -0.4 is 5.73 Å². The monoisotopic (exact) mass is 278 g/mol. The second-order valence-electron chi connectivity index (χ2n) is 5.97. The van der Waals surface area contributed by atoms with Gasteiger partial charge in [-0.2, -0.15) is 0 Å². The van der Waals surface area contributed by atoms with E-state index in [4.69, 9.17) is 5.73 Å². The maximum atomic E-state index is 6.01. The number of fused-ring (bicyclic) bond motifs is 1. The minimum absolute atomic E-state index is 0.182. The standard InChI is InChI=1S/C19H22N2/c1-14-8-9-19-18(10-14)17(11-15(2)20)13-21(19)12-16-6-4-3-5-7-16/h3-10,13,15H,11-12,20H2,1-2H3. The average Bonchev–Trinajstić information content (AvgIpc) is 2.77. The van der Waals surface area contributed by atoms with E-state index in [1.165, 1.54) is 27.6 Å². The van der Waals surface area contributed by atoms with Crippen LogP contribution in [0, 0.1) is 6.92 Å². The van der Waals surface area contributed by atoms with Crippen LogP contribution in [0.3, 0.4) is 0 Å². The Labute approximate surface area is 126 Å². The van der Waals surface area contributed by atoms with Crippen LogP contribution in [-0.4, -0.2) is 10.6 Å². The predicted octanol–water partition coefficient (Wildman–Crippen LogP) is 3.89. The molecule has 0 saturated carbocycles. The highest BCUT2D eigenvalue weighted by Crippen LogP contribution is 2.24. The normalized spacial score (nSPS) is 12.7. The molecule has 0 aliphatic heterocycles. The lowest BCUT2D eigenvalue weighted by Crippen LogP contribution is -2.17. The van der Waals surface area contributed by atoms with E-state index < -0.39 is 0 Å². The Bertz CT molecular complexity index is 739. The summed E-state index contributed by atoms with van der Waals surface area (Å²) in [5.74, 6) is 0. The molecule has 0 fully saturated rings. The summed E-state index contributed by atoms with van der Waals surface area (Å²) in [5, 5.41) is 1.34. The number of aromatic nitrogens is 1. The van der Waals surface area contributed by atoms with E-state index in [1.807, 2.05) is 0 Å². The molecular weight excluding hydrogens is 256 g/mol. The molecule has 21 heavy (non-hydrogen) atoms. The summed E-state index contributed by atoms with van der Waals surface area (Å²) >= 11 is 0. The Balaban J connectivity index is 2.06. The lowest BCUT2D eigenvalue weighted by molar-refractivity contribution is 0.735. The molecule has 1 unspecified atom stereocenters. The highest BCUT2D eigenvalue weighted by atomic mass is 15.0. The molecule has 0 saturated heterocycles. The molecule has 0 aliphatic carbocycles. The van der Waals surface area contributed by atoms with E-state index in [1.54, 1.807) is 0 Å². The lowest BCUT2D eigenvalue weighted by Gasteiger charge is -2.05. The quantitative estimate of drug-likeness (QED) is 0.771. The van der Waals surface area contributed by atoms with Crippen molar-refractivity contribution in [2.24, 2.45) is 5.73 Å². The van der Waals surface area contributed by atoms with Gasteiger partial charge in [-0.15, -0.1) is 0 Å². The summed E-state index contributed by atoms with van der Waals surface area (Å²) in [6, 6.07) is 17.4. The summed E-state index contributed by atoms with van der Waals surface area (Å²) in [6.07, 6.45) is 3.18. The number of nitrogens with two attached hydrogens (primary N) is 1. The first-order valence-electron chi connectivity index (χ1n) is 7.51. The van der Waals surface area contributed by atoms with E-state index in [0.29, 0.717) is 0 Å². The molecule has 108 valence electrons. The van der Waals surface area contributed by atoms with Gasteiger partial charge in [0.05, 0.1) is 0 Å². The van der Waals surface area contributed by atoms with Crippen LogP contribution in [0.25, 0.3) is 10.9 Å². The molecule has 2 N–H and O–H groups in total. The molecule has 0 bridgehead atoms. The number of hydrogen-bond acceptors (Lipinski definition) is 1. The third-order valence-electron chi connectivity index (χ3n) is 3.86. The molecule has 2 aromatic carbocycles. The molecule has 0 radical (unpaired) electrons. The zero-order chi connectivity index (χ0) is 14.8. The van der Waals surface area contributed by atoms with Crippen LogP contribution in [0.2, 0.25) is 0 Å². The number of benzene rings is 2. The summed E-state index contributed by atoms with van der Waals surface area (Å²) in [7, 11) is 0. The fraction of sp³-hybridized carbons (Fsp3) is 0.263. The molecule has 1 heterocycles. The van der Waals surface area contributed by atoms with E-state index in [-0.39, 0.29) is 6.04 Å². The molecule has 0 aliphatic rings. The SMILES string of the molecule is Cc1ccc2c(c1)c(CC(C)N)cn2Cc1ccccc1. The fourth-order valence-corrected chi connectivity index (χ4v) is 2.91. The number of rotatable bonds is 4. The summed E-state index contributed by atoms with van der Waals surface area (Å²) < 4.78 is 2.34. The van der Waals surface area contributed by atoms with Crippen molar-refractivity contribution in [1.82, 2.24) is 4.57 Å².